The molecule has 3 heteroatoms. The highest BCUT2D eigenvalue weighted by molar-refractivity contribution is 6.30. The van der Waals surface area contributed by atoms with Crippen molar-refractivity contribution in [1.82, 2.24) is 0 Å². The monoisotopic (exact) mass is 236 g/mol. The first-order valence-corrected chi connectivity index (χ1v) is 5.77. The van der Waals surface area contributed by atoms with Crippen LogP contribution >= 0.6 is 11.6 Å². The average Bonchev–Trinajstić information content (AvgIpc) is 2.31. The van der Waals surface area contributed by atoms with Crippen molar-refractivity contribution >= 4 is 17.6 Å². The van der Waals surface area contributed by atoms with Crippen LogP contribution in [0.25, 0.3) is 0 Å². The van der Waals surface area contributed by atoms with E-state index in [1.165, 1.54) is 0 Å². The van der Waals surface area contributed by atoms with Crippen molar-refractivity contribution in [3.05, 3.63) is 47.0 Å². The van der Waals surface area contributed by atoms with Crippen LogP contribution in [-0.2, 0) is 4.74 Å². The third-order valence-corrected chi connectivity index (χ3v) is 2.80. The minimum Gasteiger partial charge on any atom is -0.455 e. The van der Waals surface area contributed by atoms with E-state index in [9.17, 15) is 4.79 Å². The molecule has 0 spiro atoms. The Labute approximate surface area is 99.9 Å². The lowest BCUT2D eigenvalue weighted by Crippen LogP contribution is -2.17. The predicted molar refractivity (Wildman–Crippen MR) is 63.6 cm³/mol. The number of hydrogen-bond donors (Lipinski definition) is 0. The maximum Gasteiger partial charge on any atom is 0.338 e. The SMILES string of the molecule is O=C(O[C@@H]1C=CCCC1)c1ccc(Cl)cc1. The van der Waals surface area contributed by atoms with E-state index in [-0.39, 0.29) is 12.1 Å². The summed E-state index contributed by atoms with van der Waals surface area (Å²) in [6.45, 7) is 0. The fraction of sp³-hybridized carbons (Fsp3) is 0.308. The van der Waals surface area contributed by atoms with Crippen LogP contribution in [0.1, 0.15) is 29.6 Å². The first-order valence-electron chi connectivity index (χ1n) is 5.39. The van der Waals surface area contributed by atoms with Crippen LogP contribution in [0.5, 0.6) is 0 Å². The number of rotatable bonds is 2. The van der Waals surface area contributed by atoms with Crippen LogP contribution < -0.4 is 0 Å². The van der Waals surface area contributed by atoms with E-state index in [4.69, 9.17) is 16.3 Å². The van der Waals surface area contributed by atoms with Gasteiger partial charge in [-0.1, -0.05) is 17.7 Å². The van der Waals surface area contributed by atoms with Gasteiger partial charge in [-0.3, -0.25) is 0 Å². The number of ether oxygens (including phenoxy) is 1. The number of esters is 1. The fourth-order valence-corrected chi connectivity index (χ4v) is 1.80. The summed E-state index contributed by atoms with van der Waals surface area (Å²) in [4.78, 5) is 11.7. The number of carbonyl (C=O) groups excluding carboxylic acids is 1. The van der Waals surface area contributed by atoms with E-state index in [1.807, 2.05) is 6.08 Å². The molecule has 0 amide bonds. The molecule has 16 heavy (non-hydrogen) atoms. The normalized spacial score (nSPS) is 19.4. The third-order valence-electron chi connectivity index (χ3n) is 2.55. The summed E-state index contributed by atoms with van der Waals surface area (Å²) < 4.78 is 5.35. The lowest BCUT2D eigenvalue weighted by atomic mass is 10.1. The van der Waals surface area contributed by atoms with Crippen molar-refractivity contribution in [3.63, 3.8) is 0 Å². The average molecular weight is 237 g/mol. The zero-order chi connectivity index (χ0) is 11.4. The fourth-order valence-electron chi connectivity index (χ4n) is 1.67. The van der Waals surface area contributed by atoms with Crippen LogP contribution in [-0.4, -0.2) is 12.1 Å². The molecule has 0 fully saturated rings. The van der Waals surface area contributed by atoms with Gasteiger partial charge in [-0.25, -0.2) is 4.79 Å². The van der Waals surface area contributed by atoms with Gasteiger partial charge in [-0.05, 0) is 49.6 Å². The molecule has 0 aromatic heterocycles. The molecular weight excluding hydrogens is 224 g/mol. The van der Waals surface area contributed by atoms with Crippen LogP contribution in [0.15, 0.2) is 36.4 Å². The second-order valence-electron chi connectivity index (χ2n) is 3.81. The van der Waals surface area contributed by atoms with E-state index in [0.29, 0.717) is 10.6 Å². The van der Waals surface area contributed by atoms with Crippen LogP contribution in [0.2, 0.25) is 5.02 Å². The Morgan fingerprint density at radius 3 is 2.69 bits per heavy atom. The van der Waals surface area contributed by atoms with Crippen molar-refractivity contribution < 1.29 is 9.53 Å². The van der Waals surface area contributed by atoms with Crippen molar-refractivity contribution in [2.75, 3.05) is 0 Å². The largest absolute Gasteiger partial charge is 0.455 e. The van der Waals surface area contributed by atoms with Gasteiger partial charge in [-0.15, -0.1) is 0 Å². The quantitative estimate of drug-likeness (QED) is 0.579. The summed E-state index contributed by atoms with van der Waals surface area (Å²) in [5.74, 6) is -0.284. The summed E-state index contributed by atoms with van der Waals surface area (Å²) in [5, 5.41) is 0.620. The third kappa shape index (κ3) is 2.86. The van der Waals surface area contributed by atoms with Crippen LogP contribution in [0, 0.1) is 0 Å². The lowest BCUT2D eigenvalue weighted by Gasteiger charge is -2.16. The molecule has 1 aromatic rings. The highest BCUT2D eigenvalue weighted by atomic mass is 35.5. The van der Waals surface area contributed by atoms with Crippen molar-refractivity contribution in [1.29, 1.82) is 0 Å². The predicted octanol–water partition coefficient (Wildman–Crippen LogP) is 3.61. The molecule has 84 valence electrons. The molecule has 0 aliphatic heterocycles. The topological polar surface area (TPSA) is 26.3 Å². The van der Waals surface area contributed by atoms with E-state index in [0.717, 1.165) is 19.3 Å². The number of allylic oxidation sites excluding steroid dienone is 1. The minimum atomic E-state index is -0.284. The van der Waals surface area contributed by atoms with Crippen LogP contribution in [0.4, 0.5) is 0 Å². The van der Waals surface area contributed by atoms with Gasteiger partial charge in [0.15, 0.2) is 0 Å². The van der Waals surface area contributed by atoms with Gasteiger partial charge in [0, 0.05) is 5.02 Å². The zero-order valence-corrected chi connectivity index (χ0v) is 9.61. The molecule has 2 rings (SSSR count). The molecule has 0 saturated carbocycles. The molecule has 1 atom stereocenters. The smallest absolute Gasteiger partial charge is 0.338 e. The molecule has 0 radical (unpaired) electrons. The number of halogens is 1. The Morgan fingerprint density at radius 1 is 1.31 bits per heavy atom. The molecule has 1 aromatic carbocycles. The molecular formula is C13H13ClO2. The highest BCUT2D eigenvalue weighted by Gasteiger charge is 2.14. The van der Waals surface area contributed by atoms with Gasteiger partial charge in [0.2, 0.25) is 0 Å². The summed E-state index contributed by atoms with van der Waals surface area (Å²) in [7, 11) is 0. The second-order valence-corrected chi connectivity index (χ2v) is 4.25. The van der Waals surface area contributed by atoms with Crippen LogP contribution in [0.3, 0.4) is 0 Å². The molecule has 0 saturated heterocycles. The first-order chi connectivity index (χ1) is 7.75. The Bertz CT molecular complexity index is 395. The van der Waals surface area contributed by atoms with Crippen molar-refractivity contribution in [2.45, 2.75) is 25.4 Å². The van der Waals surface area contributed by atoms with E-state index in [1.54, 1.807) is 24.3 Å². The van der Waals surface area contributed by atoms with Gasteiger partial charge in [0.05, 0.1) is 5.56 Å². The van der Waals surface area contributed by atoms with E-state index in [2.05, 4.69) is 6.08 Å². The minimum absolute atomic E-state index is 0.0723. The Balaban J connectivity index is 1.99. The molecule has 0 unspecified atom stereocenters. The summed E-state index contributed by atoms with van der Waals surface area (Å²) >= 11 is 5.74. The van der Waals surface area contributed by atoms with Gasteiger partial charge in [0.1, 0.15) is 6.10 Å². The van der Waals surface area contributed by atoms with E-state index >= 15 is 0 Å². The highest BCUT2D eigenvalue weighted by Crippen LogP contribution is 2.16. The summed E-state index contributed by atoms with van der Waals surface area (Å²) in [6, 6.07) is 6.73. The Morgan fingerprint density at radius 2 is 2.06 bits per heavy atom. The van der Waals surface area contributed by atoms with Crippen molar-refractivity contribution in [3.8, 4) is 0 Å². The first kappa shape index (κ1) is 11.2. The van der Waals surface area contributed by atoms with Gasteiger partial charge in [0.25, 0.3) is 0 Å². The summed E-state index contributed by atoms with van der Waals surface area (Å²) in [5.41, 5.74) is 0.545. The van der Waals surface area contributed by atoms with Gasteiger partial charge in [-0.2, -0.15) is 0 Å². The number of carbonyl (C=O) groups is 1. The Hall–Kier alpha value is -1.28. The Kier molecular flexibility index (Phi) is 3.62. The molecule has 1 aliphatic carbocycles. The van der Waals surface area contributed by atoms with Gasteiger partial charge < -0.3 is 4.74 Å². The van der Waals surface area contributed by atoms with Gasteiger partial charge >= 0.3 is 5.97 Å². The lowest BCUT2D eigenvalue weighted by molar-refractivity contribution is 0.0370. The van der Waals surface area contributed by atoms with Crippen molar-refractivity contribution in [2.24, 2.45) is 0 Å². The maximum atomic E-state index is 11.7. The molecule has 0 bridgehead atoms. The molecule has 0 N–H and O–H groups in total. The number of benzene rings is 1. The maximum absolute atomic E-state index is 11.7. The van der Waals surface area contributed by atoms with E-state index < -0.39 is 0 Å². The second kappa shape index (κ2) is 5.17. The molecule has 0 heterocycles. The summed E-state index contributed by atoms with van der Waals surface area (Å²) in [6.07, 6.45) is 7.01. The zero-order valence-electron chi connectivity index (χ0n) is 8.86. The molecule has 2 nitrogen and oxygen atoms in total. The number of hydrogen-bond acceptors (Lipinski definition) is 2. The standard InChI is InChI=1S/C13H13ClO2/c14-11-8-6-10(7-9-11)13(15)16-12-4-2-1-3-5-12/h2,4,6-9,12H,1,3,5H2/t12-/m1/s1. The molecule has 1 aliphatic rings.